The molecule has 0 radical (unpaired) electrons. The van der Waals surface area contributed by atoms with E-state index >= 15 is 0 Å². The van der Waals surface area contributed by atoms with Crippen molar-refractivity contribution in [3.05, 3.63) is 70.2 Å². The lowest BCUT2D eigenvalue weighted by Crippen LogP contribution is -2.15. The van der Waals surface area contributed by atoms with Crippen LogP contribution < -0.4 is 5.32 Å². The summed E-state index contributed by atoms with van der Waals surface area (Å²) in [7, 11) is 0. The van der Waals surface area contributed by atoms with Gasteiger partial charge in [-0.1, -0.05) is 24.3 Å². The lowest BCUT2D eigenvalue weighted by atomic mass is 10.0. The molecule has 5 rings (SSSR count). The Bertz CT molecular complexity index is 1340. The van der Waals surface area contributed by atoms with Crippen LogP contribution in [0.5, 0.6) is 0 Å². The third kappa shape index (κ3) is 4.35. The van der Waals surface area contributed by atoms with Crippen molar-refractivity contribution in [2.24, 2.45) is 0 Å². The maximum atomic E-state index is 12.8. The number of aromatic nitrogens is 2. The van der Waals surface area contributed by atoms with Crippen LogP contribution in [-0.2, 0) is 28.8 Å². The van der Waals surface area contributed by atoms with Crippen molar-refractivity contribution < 1.29 is 14.3 Å². The molecule has 4 aromatic rings. The number of carbonyl (C=O) groups excluding carboxylic acids is 2. The van der Waals surface area contributed by atoms with E-state index in [4.69, 9.17) is 4.74 Å². The molecule has 0 saturated heterocycles. The maximum Gasteiger partial charge on any atom is 0.341 e. The van der Waals surface area contributed by atoms with Gasteiger partial charge in [0, 0.05) is 28.4 Å². The fourth-order valence-electron chi connectivity index (χ4n) is 4.72. The van der Waals surface area contributed by atoms with Gasteiger partial charge in [-0.15, -0.1) is 11.3 Å². The maximum absolute atomic E-state index is 12.8. The Labute approximate surface area is 202 Å². The van der Waals surface area contributed by atoms with Gasteiger partial charge >= 0.3 is 5.97 Å². The minimum atomic E-state index is -0.337. The molecular weight excluding hydrogens is 446 g/mol. The monoisotopic (exact) mass is 473 g/mol. The highest BCUT2D eigenvalue weighted by molar-refractivity contribution is 7.17. The van der Waals surface area contributed by atoms with Gasteiger partial charge in [0.05, 0.1) is 23.6 Å². The molecule has 0 bridgehead atoms. The van der Waals surface area contributed by atoms with E-state index in [0.29, 0.717) is 30.0 Å². The average Bonchev–Trinajstić information content (AvgIpc) is 3.53. The molecule has 3 heterocycles. The molecule has 1 aromatic carbocycles. The molecule has 3 aromatic heterocycles. The number of hydrogen-bond donors (Lipinski definition) is 2. The number of H-pyrrole nitrogens is 1. The lowest BCUT2D eigenvalue weighted by molar-refractivity contribution is -0.116. The van der Waals surface area contributed by atoms with Crippen LogP contribution in [-0.4, -0.2) is 28.5 Å². The van der Waals surface area contributed by atoms with Crippen molar-refractivity contribution in [1.82, 2.24) is 9.97 Å². The summed E-state index contributed by atoms with van der Waals surface area (Å²) >= 11 is 1.52. The van der Waals surface area contributed by atoms with Gasteiger partial charge in [0.15, 0.2) is 0 Å². The van der Waals surface area contributed by atoms with E-state index in [1.54, 1.807) is 13.1 Å². The number of esters is 1. The summed E-state index contributed by atoms with van der Waals surface area (Å²) in [5.41, 5.74) is 5.74. The zero-order valence-electron chi connectivity index (χ0n) is 19.1. The second-order valence-corrected chi connectivity index (χ2v) is 9.53. The first-order valence-electron chi connectivity index (χ1n) is 11.8. The predicted molar refractivity (Wildman–Crippen MR) is 135 cm³/mol. The number of aromatic amines is 1. The van der Waals surface area contributed by atoms with Gasteiger partial charge in [-0.3, -0.25) is 9.78 Å². The van der Waals surface area contributed by atoms with Gasteiger partial charge in [-0.25, -0.2) is 4.79 Å². The van der Waals surface area contributed by atoms with Crippen LogP contribution in [0.3, 0.4) is 0 Å². The summed E-state index contributed by atoms with van der Waals surface area (Å²) in [5, 5.41) is 4.79. The summed E-state index contributed by atoms with van der Waals surface area (Å²) in [4.78, 5) is 34.6. The zero-order chi connectivity index (χ0) is 23.5. The van der Waals surface area contributed by atoms with E-state index in [1.165, 1.54) is 21.8 Å². The standard InChI is InChI=1S/C27H27N3O3S/c1-2-33-27(32)24-19-11-7-14-22(19)34-26(24)30-23(31)15-8-10-18-17-9-3-4-12-20(17)29-25(18)21-13-5-6-16-28-21/h3-6,9,12-13,16,29H,2,7-8,10-11,14-15H2,1H3,(H,30,31). The minimum Gasteiger partial charge on any atom is -0.462 e. The normalized spacial score (nSPS) is 12.6. The van der Waals surface area contributed by atoms with Gasteiger partial charge in [0.1, 0.15) is 5.00 Å². The number of thiophene rings is 1. The molecule has 0 saturated carbocycles. The van der Waals surface area contributed by atoms with E-state index in [2.05, 4.69) is 27.4 Å². The second kappa shape index (κ2) is 9.81. The zero-order valence-corrected chi connectivity index (χ0v) is 20.0. The summed E-state index contributed by atoms with van der Waals surface area (Å²) < 4.78 is 5.27. The Morgan fingerprint density at radius 3 is 2.82 bits per heavy atom. The average molecular weight is 474 g/mol. The highest BCUT2D eigenvalue weighted by Gasteiger charge is 2.28. The number of anilines is 1. The molecule has 1 aliphatic rings. The number of rotatable bonds is 8. The molecule has 0 fully saturated rings. The quantitative estimate of drug-likeness (QED) is 0.311. The Kier molecular flexibility index (Phi) is 6.45. The summed E-state index contributed by atoms with van der Waals surface area (Å²) in [6.45, 7) is 2.12. The Morgan fingerprint density at radius 1 is 1.15 bits per heavy atom. The van der Waals surface area contributed by atoms with Gasteiger partial charge in [0.2, 0.25) is 5.91 Å². The molecule has 0 atom stereocenters. The molecule has 0 aliphatic heterocycles. The number of nitrogens with one attached hydrogen (secondary N) is 2. The molecular formula is C27H27N3O3S. The van der Waals surface area contributed by atoms with Crippen molar-refractivity contribution in [2.75, 3.05) is 11.9 Å². The second-order valence-electron chi connectivity index (χ2n) is 8.42. The van der Waals surface area contributed by atoms with Crippen molar-refractivity contribution in [3.63, 3.8) is 0 Å². The van der Waals surface area contributed by atoms with Gasteiger partial charge in [0.25, 0.3) is 0 Å². The number of benzene rings is 1. The van der Waals surface area contributed by atoms with Gasteiger partial charge in [-0.2, -0.15) is 0 Å². The highest BCUT2D eigenvalue weighted by Crippen LogP contribution is 2.39. The van der Waals surface area contributed by atoms with E-state index in [0.717, 1.165) is 53.5 Å². The molecule has 1 amide bonds. The first-order valence-corrected chi connectivity index (χ1v) is 12.6. The molecule has 2 N–H and O–H groups in total. The van der Waals surface area contributed by atoms with Crippen LogP contribution in [0.2, 0.25) is 0 Å². The largest absolute Gasteiger partial charge is 0.462 e. The minimum absolute atomic E-state index is 0.0790. The van der Waals surface area contributed by atoms with Crippen LogP contribution in [0.15, 0.2) is 48.7 Å². The van der Waals surface area contributed by atoms with Crippen molar-refractivity contribution in [1.29, 1.82) is 0 Å². The number of aryl methyl sites for hydroxylation is 2. The molecule has 7 heteroatoms. The van der Waals surface area contributed by atoms with E-state index in [-0.39, 0.29) is 11.9 Å². The van der Waals surface area contributed by atoms with Crippen LogP contribution in [0, 0.1) is 0 Å². The third-order valence-electron chi connectivity index (χ3n) is 6.22. The SMILES string of the molecule is CCOC(=O)c1c(NC(=O)CCCc2c(-c3ccccn3)[nH]c3ccccc23)sc2c1CCC2. The molecule has 0 spiro atoms. The lowest BCUT2D eigenvalue weighted by Gasteiger charge is -2.08. The van der Waals surface area contributed by atoms with Crippen molar-refractivity contribution in [2.45, 2.75) is 45.4 Å². The van der Waals surface area contributed by atoms with Crippen molar-refractivity contribution >= 4 is 39.1 Å². The summed E-state index contributed by atoms with van der Waals surface area (Å²) in [6, 6.07) is 14.1. The molecule has 1 aliphatic carbocycles. The molecule has 0 unspecified atom stereocenters. The summed E-state index contributed by atoms with van der Waals surface area (Å²) in [5.74, 6) is -0.416. The Balaban J connectivity index is 1.31. The van der Waals surface area contributed by atoms with E-state index < -0.39 is 0 Å². The van der Waals surface area contributed by atoms with Crippen molar-refractivity contribution in [3.8, 4) is 11.4 Å². The Hall–Kier alpha value is -3.45. The highest BCUT2D eigenvalue weighted by atomic mass is 32.1. The van der Waals surface area contributed by atoms with Gasteiger partial charge in [-0.05, 0) is 68.4 Å². The van der Waals surface area contributed by atoms with Crippen LogP contribution in [0.25, 0.3) is 22.3 Å². The number of para-hydroxylation sites is 1. The number of fused-ring (bicyclic) bond motifs is 2. The summed E-state index contributed by atoms with van der Waals surface area (Å²) in [6.07, 6.45) is 6.46. The predicted octanol–water partition coefficient (Wildman–Crippen LogP) is 5.92. The number of carbonyl (C=O) groups is 2. The molecule has 6 nitrogen and oxygen atoms in total. The topological polar surface area (TPSA) is 84.1 Å². The third-order valence-corrected chi connectivity index (χ3v) is 7.43. The number of pyridine rings is 1. The fourth-order valence-corrected chi connectivity index (χ4v) is 6.01. The molecule has 34 heavy (non-hydrogen) atoms. The fraction of sp³-hybridized carbons (Fsp3) is 0.296. The van der Waals surface area contributed by atoms with Gasteiger partial charge < -0.3 is 15.0 Å². The van der Waals surface area contributed by atoms with Crippen LogP contribution in [0.1, 0.15) is 52.5 Å². The number of ether oxygens (including phenoxy) is 1. The van der Waals surface area contributed by atoms with E-state index in [9.17, 15) is 9.59 Å². The Morgan fingerprint density at radius 2 is 2.00 bits per heavy atom. The number of hydrogen-bond acceptors (Lipinski definition) is 5. The van der Waals surface area contributed by atoms with E-state index in [1.807, 2.05) is 30.3 Å². The molecule has 174 valence electrons. The first kappa shape index (κ1) is 22.3. The number of amides is 1. The number of nitrogens with zero attached hydrogens (tertiary/aromatic N) is 1. The smallest absolute Gasteiger partial charge is 0.341 e. The first-order chi connectivity index (χ1) is 16.7. The van der Waals surface area contributed by atoms with Crippen LogP contribution in [0.4, 0.5) is 5.00 Å². The van der Waals surface area contributed by atoms with Crippen LogP contribution >= 0.6 is 11.3 Å².